The second-order valence-corrected chi connectivity index (χ2v) is 5.28. The minimum absolute atomic E-state index is 0.319. The summed E-state index contributed by atoms with van der Waals surface area (Å²) >= 11 is 0. The van der Waals surface area contributed by atoms with Crippen LogP contribution in [0.25, 0.3) is 0 Å². The van der Waals surface area contributed by atoms with E-state index in [0.717, 1.165) is 0 Å². The Morgan fingerprint density at radius 2 is 2.29 bits per heavy atom. The molecule has 1 aromatic rings. The predicted octanol–water partition coefficient (Wildman–Crippen LogP) is 0.272. The quantitative estimate of drug-likeness (QED) is 0.713. The van der Waals surface area contributed by atoms with Crippen molar-refractivity contribution >= 4 is 10.2 Å². The summed E-state index contributed by atoms with van der Waals surface area (Å²) in [6.07, 6.45) is 1.54. The van der Waals surface area contributed by atoms with Crippen LogP contribution in [0, 0.1) is 0 Å². The predicted molar refractivity (Wildman–Crippen MR) is 50.7 cm³/mol. The van der Waals surface area contributed by atoms with Crippen LogP contribution in [-0.2, 0) is 16.8 Å². The largest absolute Gasteiger partial charge is 0.468 e. The third-order valence-electron chi connectivity index (χ3n) is 2.30. The maximum Gasteiger partial charge on any atom is 0.282 e. The van der Waals surface area contributed by atoms with E-state index in [4.69, 9.17) is 4.42 Å². The van der Waals surface area contributed by atoms with Crippen LogP contribution >= 0.6 is 0 Å². The molecule has 0 N–H and O–H groups in total. The van der Waals surface area contributed by atoms with Crippen molar-refractivity contribution in [2.75, 3.05) is 20.1 Å². The molecule has 0 aliphatic carbocycles. The number of nitrogens with zero attached hydrogens (tertiary/aromatic N) is 2. The highest BCUT2D eigenvalue weighted by molar-refractivity contribution is 7.86. The number of hydrogen-bond acceptors (Lipinski definition) is 3. The van der Waals surface area contributed by atoms with Crippen LogP contribution in [0.2, 0.25) is 0 Å². The first-order chi connectivity index (χ1) is 6.60. The van der Waals surface area contributed by atoms with Crippen LogP contribution in [0.1, 0.15) is 5.76 Å². The van der Waals surface area contributed by atoms with Gasteiger partial charge in [-0.3, -0.25) is 0 Å². The van der Waals surface area contributed by atoms with Crippen molar-refractivity contribution in [2.45, 2.75) is 6.54 Å². The number of likely N-dealkylation sites (N-methyl/N-ethyl adjacent to an activating group) is 1. The Labute approximate surface area is 83.1 Å². The monoisotopic (exact) mass is 216 g/mol. The first-order valence-electron chi connectivity index (χ1n) is 4.34. The molecule has 1 aliphatic rings. The Balaban J connectivity index is 2.14. The highest BCUT2D eigenvalue weighted by Crippen LogP contribution is 2.17. The molecular formula is C8H12N2O3S. The second-order valence-electron chi connectivity index (χ2n) is 3.24. The van der Waals surface area contributed by atoms with Gasteiger partial charge in [-0.2, -0.15) is 17.0 Å². The molecule has 0 radical (unpaired) electrons. The maximum absolute atomic E-state index is 11.6. The molecule has 0 spiro atoms. The van der Waals surface area contributed by atoms with Crippen molar-refractivity contribution in [1.82, 2.24) is 8.61 Å². The smallest absolute Gasteiger partial charge is 0.282 e. The molecule has 0 atom stereocenters. The van der Waals surface area contributed by atoms with E-state index in [1.807, 2.05) is 0 Å². The summed E-state index contributed by atoms with van der Waals surface area (Å²) < 4.78 is 31.1. The van der Waals surface area contributed by atoms with Gasteiger partial charge >= 0.3 is 0 Å². The Kier molecular flexibility index (Phi) is 2.34. The van der Waals surface area contributed by atoms with Crippen LogP contribution in [0.4, 0.5) is 0 Å². The first-order valence-corrected chi connectivity index (χ1v) is 5.74. The van der Waals surface area contributed by atoms with Crippen LogP contribution in [0.3, 0.4) is 0 Å². The minimum Gasteiger partial charge on any atom is -0.468 e. The normalized spacial score (nSPS) is 22.9. The summed E-state index contributed by atoms with van der Waals surface area (Å²) in [5, 5.41) is 0. The highest BCUT2D eigenvalue weighted by Gasteiger charge is 2.33. The maximum atomic E-state index is 11.6. The number of hydrogen-bond donors (Lipinski definition) is 0. The van der Waals surface area contributed by atoms with Gasteiger partial charge in [0.05, 0.1) is 12.8 Å². The lowest BCUT2D eigenvalue weighted by atomic mass is 10.4. The first kappa shape index (κ1) is 9.70. The zero-order chi connectivity index (χ0) is 10.2. The van der Waals surface area contributed by atoms with Gasteiger partial charge < -0.3 is 4.42 Å². The molecule has 2 heterocycles. The van der Waals surface area contributed by atoms with Crippen molar-refractivity contribution in [3.63, 3.8) is 0 Å². The topological polar surface area (TPSA) is 53.8 Å². The van der Waals surface area contributed by atoms with Gasteiger partial charge in [-0.15, -0.1) is 0 Å². The average molecular weight is 216 g/mol. The SMILES string of the molecule is CN1CCN(Cc2ccco2)S1(=O)=O. The van der Waals surface area contributed by atoms with Gasteiger partial charge in [-0.25, -0.2) is 0 Å². The van der Waals surface area contributed by atoms with Crippen LogP contribution < -0.4 is 0 Å². The molecule has 5 nitrogen and oxygen atoms in total. The molecule has 0 unspecified atom stereocenters. The van der Waals surface area contributed by atoms with Crippen molar-refractivity contribution in [3.8, 4) is 0 Å². The van der Waals surface area contributed by atoms with Crippen LogP contribution in [-0.4, -0.2) is 37.2 Å². The van der Waals surface area contributed by atoms with E-state index in [9.17, 15) is 8.42 Å². The molecule has 14 heavy (non-hydrogen) atoms. The van der Waals surface area contributed by atoms with Gasteiger partial charge in [0.25, 0.3) is 10.2 Å². The van der Waals surface area contributed by atoms with E-state index >= 15 is 0 Å². The lowest BCUT2D eigenvalue weighted by molar-refractivity contribution is 0.389. The van der Waals surface area contributed by atoms with Gasteiger partial charge in [0.2, 0.25) is 0 Å². The van der Waals surface area contributed by atoms with Gasteiger partial charge in [0.1, 0.15) is 5.76 Å². The molecule has 0 aromatic carbocycles. The van der Waals surface area contributed by atoms with Crippen LogP contribution in [0.5, 0.6) is 0 Å². The van der Waals surface area contributed by atoms with E-state index in [1.165, 1.54) is 8.61 Å². The summed E-state index contributed by atoms with van der Waals surface area (Å²) in [5.41, 5.74) is 0. The van der Waals surface area contributed by atoms with E-state index in [-0.39, 0.29) is 0 Å². The standard InChI is InChI=1S/C8H12N2O3S/c1-9-4-5-10(14(9,11)12)7-8-3-2-6-13-8/h2-3,6H,4-5,7H2,1H3. The fraction of sp³-hybridized carbons (Fsp3) is 0.500. The molecule has 0 amide bonds. The molecule has 1 saturated heterocycles. The zero-order valence-corrected chi connectivity index (χ0v) is 8.70. The third-order valence-corrected chi connectivity index (χ3v) is 4.23. The minimum atomic E-state index is -3.24. The summed E-state index contributed by atoms with van der Waals surface area (Å²) in [4.78, 5) is 0. The fourth-order valence-corrected chi connectivity index (χ4v) is 2.73. The van der Waals surface area contributed by atoms with Gasteiger partial charge in [0.15, 0.2) is 0 Å². The Hall–Kier alpha value is -0.850. The Bertz CT molecular complexity index is 398. The van der Waals surface area contributed by atoms with Crippen molar-refractivity contribution in [2.24, 2.45) is 0 Å². The summed E-state index contributed by atoms with van der Waals surface area (Å²) in [6, 6.07) is 3.52. The lowest BCUT2D eigenvalue weighted by Crippen LogP contribution is -2.30. The number of rotatable bonds is 2. The van der Waals surface area contributed by atoms with Crippen molar-refractivity contribution in [1.29, 1.82) is 0 Å². The molecule has 0 saturated carbocycles. The lowest BCUT2D eigenvalue weighted by Gasteiger charge is -2.13. The fourth-order valence-electron chi connectivity index (χ4n) is 1.42. The van der Waals surface area contributed by atoms with E-state index in [1.54, 1.807) is 25.4 Å². The average Bonchev–Trinajstić information content (AvgIpc) is 2.70. The Morgan fingerprint density at radius 3 is 2.79 bits per heavy atom. The molecule has 0 bridgehead atoms. The molecule has 6 heteroatoms. The third kappa shape index (κ3) is 1.56. The van der Waals surface area contributed by atoms with E-state index in [0.29, 0.717) is 25.4 Å². The zero-order valence-electron chi connectivity index (χ0n) is 7.88. The Morgan fingerprint density at radius 1 is 1.50 bits per heavy atom. The second kappa shape index (κ2) is 3.38. The highest BCUT2D eigenvalue weighted by atomic mass is 32.2. The van der Waals surface area contributed by atoms with Gasteiger partial charge in [-0.05, 0) is 12.1 Å². The molecule has 78 valence electrons. The molecule has 1 aliphatic heterocycles. The number of furan rings is 1. The van der Waals surface area contributed by atoms with E-state index < -0.39 is 10.2 Å². The summed E-state index contributed by atoms with van der Waals surface area (Å²) in [6.45, 7) is 1.39. The summed E-state index contributed by atoms with van der Waals surface area (Å²) in [5.74, 6) is 0.670. The molecular weight excluding hydrogens is 204 g/mol. The van der Waals surface area contributed by atoms with Gasteiger partial charge in [0, 0.05) is 20.1 Å². The summed E-state index contributed by atoms with van der Waals surface area (Å²) in [7, 11) is -1.65. The molecule has 1 fully saturated rings. The molecule has 2 rings (SSSR count). The van der Waals surface area contributed by atoms with Crippen molar-refractivity contribution in [3.05, 3.63) is 24.2 Å². The van der Waals surface area contributed by atoms with E-state index in [2.05, 4.69) is 0 Å². The van der Waals surface area contributed by atoms with Crippen molar-refractivity contribution < 1.29 is 12.8 Å². The molecule has 1 aromatic heterocycles. The van der Waals surface area contributed by atoms with Crippen LogP contribution in [0.15, 0.2) is 22.8 Å². The van der Waals surface area contributed by atoms with Gasteiger partial charge in [-0.1, -0.05) is 0 Å².